The molecule has 2 nitrogen and oxygen atoms in total. The number of pyridine rings is 1. The number of carbonyl (C=O) groups excluding carboxylic acids is 1. The van der Waals surface area contributed by atoms with Crippen LogP contribution >= 0.6 is 0 Å². The van der Waals surface area contributed by atoms with E-state index in [1.54, 1.807) is 0 Å². The third-order valence-corrected chi connectivity index (χ3v) is 7.59. The summed E-state index contributed by atoms with van der Waals surface area (Å²) < 4.78 is 0. The fraction of sp³-hybridized carbons (Fsp3) is 0.0303. The standard InChI is InChI=1S/C33H19NO/c35-31-18-28-25(29-17-23-7-3-4-8-30(23)34-33(29)31)13-10-19-9-12-24-26(32(19)28)14-11-22-15-20-5-1-2-6-21(20)16-27(22)24/h1-17H,18H2. The quantitative estimate of drug-likeness (QED) is 0.174. The Kier molecular flexibility index (Phi) is 3.62. The second kappa shape index (κ2) is 6.74. The Morgan fingerprint density at radius 3 is 2.14 bits per heavy atom. The van der Waals surface area contributed by atoms with Gasteiger partial charge in [-0.2, -0.15) is 0 Å². The molecule has 0 amide bonds. The second-order valence-electron chi connectivity index (χ2n) is 9.51. The summed E-state index contributed by atoms with van der Waals surface area (Å²) in [5.41, 5.74) is 4.64. The molecule has 8 rings (SSSR count). The van der Waals surface area contributed by atoms with Crippen LogP contribution in [0.4, 0.5) is 0 Å². The first-order valence-corrected chi connectivity index (χ1v) is 12.0. The zero-order chi connectivity index (χ0) is 23.1. The van der Waals surface area contributed by atoms with Crippen molar-refractivity contribution >= 4 is 59.8 Å². The maximum Gasteiger partial charge on any atom is 0.186 e. The molecule has 0 N–H and O–H groups in total. The molecule has 2 heteroatoms. The van der Waals surface area contributed by atoms with Gasteiger partial charge in [0.1, 0.15) is 5.69 Å². The van der Waals surface area contributed by atoms with E-state index in [1.807, 2.05) is 18.2 Å². The topological polar surface area (TPSA) is 30.0 Å². The van der Waals surface area contributed by atoms with E-state index in [2.05, 4.69) is 84.9 Å². The van der Waals surface area contributed by atoms with E-state index in [-0.39, 0.29) is 5.78 Å². The fourth-order valence-electron chi connectivity index (χ4n) is 5.94. The predicted octanol–water partition coefficient (Wildman–Crippen LogP) is 8.25. The zero-order valence-corrected chi connectivity index (χ0v) is 18.9. The summed E-state index contributed by atoms with van der Waals surface area (Å²) in [4.78, 5) is 18.1. The highest BCUT2D eigenvalue weighted by Crippen LogP contribution is 2.42. The summed E-state index contributed by atoms with van der Waals surface area (Å²) in [6.07, 6.45) is 0.375. The largest absolute Gasteiger partial charge is 0.292 e. The van der Waals surface area contributed by atoms with Crippen molar-refractivity contribution in [2.45, 2.75) is 6.42 Å². The SMILES string of the molecule is O=C1Cc2c(ccc3ccc4c5cc6ccccc6cc5ccc4c23)-c2cc3ccccc3nc21. The van der Waals surface area contributed by atoms with Crippen LogP contribution < -0.4 is 0 Å². The number of nitrogens with zero attached hydrogens (tertiary/aromatic N) is 1. The molecular weight excluding hydrogens is 426 g/mol. The predicted molar refractivity (Wildman–Crippen MR) is 145 cm³/mol. The average molecular weight is 446 g/mol. The lowest BCUT2D eigenvalue weighted by atomic mass is 9.82. The van der Waals surface area contributed by atoms with Gasteiger partial charge in [0.05, 0.1) is 5.52 Å². The van der Waals surface area contributed by atoms with Gasteiger partial charge >= 0.3 is 0 Å². The van der Waals surface area contributed by atoms with Gasteiger partial charge in [0, 0.05) is 17.4 Å². The van der Waals surface area contributed by atoms with Crippen molar-refractivity contribution in [3.63, 3.8) is 0 Å². The third-order valence-electron chi connectivity index (χ3n) is 7.59. The third kappa shape index (κ3) is 2.59. The zero-order valence-electron chi connectivity index (χ0n) is 18.9. The van der Waals surface area contributed by atoms with Crippen molar-refractivity contribution in [1.82, 2.24) is 4.98 Å². The Hall–Kier alpha value is -4.56. The molecule has 7 aromatic rings. The van der Waals surface area contributed by atoms with Crippen molar-refractivity contribution in [3.8, 4) is 11.1 Å². The van der Waals surface area contributed by atoms with Crippen LogP contribution in [0.1, 0.15) is 16.1 Å². The number of para-hydroxylation sites is 1. The maximum atomic E-state index is 13.4. The Labute approximate surface area is 201 Å². The highest BCUT2D eigenvalue weighted by molar-refractivity contribution is 6.22. The van der Waals surface area contributed by atoms with Gasteiger partial charge in [-0.1, -0.05) is 78.9 Å². The molecule has 0 radical (unpaired) electrons. The van der Waals surface area contributed by atoms with Gasteiger partial charge in [0.2, 0.25) is 0 Å². The van der Waals surface area contributed by atoms with E-state index >= 15 is 0 Å². The summed E-state index contributed by atoms with van der Waals surface area (Å²) in [7, 11) is 0. The molecule has 0 aliphatic heterocycles. The lowest BCUT2D eigenvalue weighted by molar-refractivity contribution is 0.0988. The lowest BCUT2D eigenvalue weighted by Gasteiger charge is -2.22. The number of ketones is 1. The van der Waals surface area contributed by atoms with E-state index < -0.39 is 0 Å². The molecule has 162 valence electrons. The van der Waals surface area contributed by atoms with Crippen LogP contribution in [0.5, 0.6) is 0 Å². The number of hydrogen-bond acceptors (Lipinski definition) is 2. The molecule has 1 aliphatic carbocycles. The summed E-state index contributed by atoms with van der Waals surface area (Å²) in [5.74, 6) is 0.0922. The number of Topliss-reactive ketones (excluding diaryl/α,β-unsaturated/α-hetero) is 1. The molecule has 0 saturated heterocycles. The molecule has 6 aromatic carbocycles. The molecule has 1 heterocycles. The van der Waals surface area contributed by atoms with Crippen LogP contribution in [0.25, 0.3) is 65.1 Å². The van der Waals surface area contributed by atoms with Gasteiger partial charge in [-0.3, -0.25) is 4.79 Å². The normalized spacial score (nSPS) is 13.1. The van der Waals surface area contributed by atoms with Crippen LogP contribution in [-0.2, 0) is 6.42 Å². The second-order valence-corrected chi connectivity index (χ2v) is 9.51. The van der Waals surface area contributed by atoms with Crippen molar-refractivity contribution in [1.29, 1.82) is 0 Å². The summed E-state index contributed by atoms with van der Waals surface area (Å²) in [6.45, 7) is 0. The fourth-order valence-corrected chi connectivity index (χ4v) is 5.94. The van der Waals surface area contributed by atoms with Gasteiger partial charge in [-0.05, 0) is 78.5 Å². The highest BCUT2D eigenvalue weighted by atomic mass is 16.1. The average Bonchev–Trinajstić information content (AvgIpc) is 2.90. The molecule has 35 heavy (non-hydrogen) atoms. The number of fused-ring (bicyclic) bond motifs is 11. The maximum absolute atomic E-state index is 13.4. The minimum Gasteiger partial charge on any atom is -0.292 e. The minimum absolute atomic E-state index is 0.0922. The van der Waals surface area contributed by atoms with E-state index in [4.69, 9.17) is 4.98 Å². The highest BCUT2D eigenvalue weighted by Gasteiger charge is 2.26. The van der Waals surface area contributed by atoms with Crippen LogP contribution in [0, 0.1) is 0 Å². The monoisotopic (exact) mass is 445 g/mol. The first kappa shape index (κ1) is 18.8. The summed E-state index contributed by atoms with van der Waals surface area (Å²) >= 11 is 0. The van der Waals surface area contributed by atoms with Crippen LogP contribution in [-0.4, -0.2) is 10.8 Å². The van der Waals surface area contributed by atoms with Crippen LogP contribution in [0.15, 0.2) is 103 Å². The smallest absolute Gasteiger partial charge is 0.186 e. The van der Waals surface area contributed by atoms with Gasteiger partial charge in [0.15, 0.2) is 5.78 Å². The van der Waals surface area contributed by atoms with Crippen molar-refractivity contribution in [3.05, 3.63) is 114 Å². The van der Waals surface area contributed by atoms with E-state index in [0.29, 0.717) is 12.1 Å². The van der Waals surface area contributed by atoms with Crippen molar-refractivity contribution in [2.75, 3.05) is 0 Å². The van der Waals surface area contributed by atoms with E-state index in [1.165, 1.54) is 43.1 Å². The number of hydrogen-bond donors (Lipinski definition) is 0. The van der Waals surface area contributed by atoms with Gasteiger partial charge in [-0.25, -0.2) is 4.98 Å². The van der Waals surface area contributed by atoms with Crippen molar-refractivity contribution in [2.24, 2.45) is 0 Å². The molecule has 0 saturated carbocycles. The van der Waals surface area contributed by atoms with Gasteiger partial charge in [0.25, 0.3) is 0 Å². The van der Waals surface area contributed by atoms with Crippen molar-refractivity contribution < 1.29 is 4.79 Å². The lowest BCUT2D eigenvalue weighted by Crippen LogP contribution is -2.15. The number of carbonyl (C=O) groups is 1. The Morgan fingerprint density at radius 2 is 1.26 bits per heavy atom. The van der Waals surface area contributed by atoms with Crippen LogP contribution in [0.3, 0.4) is 0 Å². The number of aromatic nitrogens is 1. The van der Waals surface area contributed by atoms with E-state index in [0.717, 1.165) is 27.6 Å². The Balaban J connectivity index is 1.49. The molecule has 0 atom stereocenters. The minimum atomic E-state index is 0.0922. The van der Waals surface area contributed by atoms with Gasteiger partial charge in [-0.15, -0.1) is 0 Å². The molecule has 0 fully saturated rings. The number of rotatable bonds is 0. The molecule has 0 bridgehead atoms. The summed E-state index contributed by atoms with van der Waals surface area (Å²) in [5, 5.41) is 10.8. The number of benzene rings is 6. The molecular formula is C33H19NO. The van der Waals surface area contributed by atoms with E-state index in [9.17, 15) is 4.79 Å². The Morgan fingerprint density at radius 1 is 0.543 bits per heavy atom. The first-order chi connectivity index (χ1) is 17.2. The Bertz CT molecular complexity index is 2050. The molecule has 0 spiro atoms. The van der Waals surface area contributed by atoms with Crippen LogP contribution in [0.2, 0.25) is 0 Å². The first-order valence-electron chi connectivity index (χ1n) is 12.0. The summed E-state index contributed by atoms with van der Waals surface area (Å²) in [6, 6.07) is 36.5. The molecule has 0 unspecified atom stereocenters. The molecule has 1 aromatic heterocycles. The molecule has 1 aliphatic rings. The van der Waals surface area contributed by atoms with Gasteiger partial charge < -0.3 is 0 Å².